The number of hydrogen-bond acceptors (Lipinski definition) is 2. The molecule has 1 aromatic rings. The number of benzene rings is 1. The molecule has 1 aromatic carbocycles. The zero-order valence-electron chi connectivity index (χ0n) is 6.11. The number of alkyl halides is 2. The lowest BCUT2D eigenvalue weighted by atomic mass is 10.3. The van der Waals surface area contributed by atoms with Gasteiger partial charge in [0.1, 0.15) is 0 Å². The number of para-hydroxylation sites is 1. The third kappa shape index (κ3) is 4.93. The number of non-ortho nitro benzene ring substituents is 1. The second kappa shape index (κ2) is 6.88. The molecule has 1 rings (SSSR count). The molecule has 66 valence electrons. The summed E-state index contributed by atoms with van der Waals surface area (Å²) in [6.45, 7) is 0. The van der Waals surface area contributed by atoms with Crippen molar-refractivity contribution in [3.63, 3.8) is 0 Å². The van der Waals surface area contributed by atoms with E-state index >= 15 is 0 Å². The summed E-state index contributed by atoms with van der Waals surface area (Å²) in [6, 6.07) is 7.93. The fourth-order valence-electron chi connectivity index (χ4n) is 0.550. The van der Waals surface area contributed by atoms with Crippen molar-refractivity contribution >= 4 is 28.9 Å². The minimum Gasteiger partial charge on any atom is -0.258 e. The fourth-order valence-corrected chi connectivity index (χ4v) is 0.550. The molecule has 0 aliphatic heterocycles. The van der Waals surface area contributed by atoms with Crippen LogP contribution in [-0.4, -0.2) is 10.3 Å². The molecule has 0 atom stereocenters. The van der Waals surface area contributed by atoms with Crippen LogP contribution in [0, 0.1) is 10.1 Å². The van der Waals surface area contributed by atoms with Crippen molar-refractivity contribution in [3.05, 3.63) is 40.4 Å². The van der Waals surface area contributed by atoms with Gasteiger partial charge in [-0.05, 0) is 0 Å². The molecular formula is C7H7Cl2NO2. The smallest absolute Gasteiger partial charge is 0.258 e. The standard InChI is InChI=1S/C6H5NO2.CH2Cl2/c8-7(9)6-4-2-1-3-5-6;2-1-3/h1-5H;1H2. The summed E-state index contributed by atoms with van der Waals surface area (Å²) in [5.74, 6) is 0. The Hall–Kier alpha value is -0.800. The van der Waals surface area contributed by atoms with Crippen LogP contribution in [-0.2, 0) is 0 Å². The van der Waals surface area contributed by atoms with E-state index in [0.717, 1.165) is 0 Å². The second-order valence-electron chi connectivity index (χ2n) is 1.69. The van der Waals surface area contributed by atoms with Gasteiger partial charge in [0, 0.05) is 12.1 Å². The Kier molecular flexibility index (Phi) is 6.42. The highest BCUT2D eigenvalue weighted by Crippen LogP contribution is 2.06. The monoisotopic (exact) mass is 207 g/mol. The fraction of sp³-hybridized carbons (Fsp3) is 0.143. The molecule has 0 aliphatic rings. The number of halogens is 2. The van der Waals surface area contributed by atoms with Crippen molar-refractivity contribution < 1.29 is 4.92 Å². The summed E-state index contributed by atoms with van der Waals surface area (Å²) >= 11 is 9.53. The SMILES string of the molecule is ClCCl.O=[N+]([O-])c1ccccc1. The van der Waals surface area contributed by atoms with Gasteiger partial charge < -0.3 is 0 Å². The van der Waals surface area contributed by atoms with Crippen LogP contribution in [0.25, 0.3) is 0 Å². The molecule has 0 spiro atoms. The number of hydrogen-bond donors (Lipinski definition) is 0. The highest BCUT2D eigenvalue weighted by atomic mass is 35.5. The van der Waals surface area contributed by atoms with Crippen LogP contribution in [0.5, 0.6) is 0 Å². The molecular weight excluding hydrogens is 201 g/mol. The summed E-state index contributed by atoms with van der Waals surface area (Å²) in [6.07, 6.45) is 0. The maximum atomic E-state index is 10.0. The molecule has 0 saturated carbocycles. The lowest BCUT2D eigenvalue weighted by Gasteiger charge is -1.85. The molecule has 0 aromatic heterocycles. The molecule has 0 bridgehead atoms. The van der Waals surface area contributed by atoms with Gasteiger partial charge in [-0.15, -0.1) is 23.2 Å². The van der Waals surface area contributed by atoms with E-state index in [1.165, 1.54) is 12.1 Å². The second-order valence-corrected chi connectivity index (χ2v) is 2.50. The van der Waals surface area contributed by atoms with Gasteiger partial charge >= 0.3 is 0 Å². The molecule has 0 saturated heterocycles. The van der Waals surface area contributed by atoms with E-state index in [9.17, 15) is 10.1 Å². The van der Waals surface area contributed by atoms with Crippen LogP contribution >= 0.6 is 23.2 Å². The van der Waals surface area contributed by atoms with Gasteiger partial charge in [0.05, 0.1) is 10.3 Å². The van der Waals surface area contributed by atoms with Gasteiger partial charge in [0.2, 0.25) is 0 Å². The summed E-state index contributed by atoms with van der Waals surface area (Å²) in [5.41, 5.74) is 0.137. The molecule has 0 unspecified atom stereocenters. The summed E-state index contributed by atoms with van der Waals surface area (Å²) in [5, 5.41) is 10.2. The number of rotatable bonds is 1. The highest BCUT2D eigenvalue weighted by molar-refractivity contribution is 6.40. The maximum Gasteiger partial charge on any atom is 0.269 e. The first-order chi connectivity index (χ1) is 5.72. The zero-order chi connectivity index (χ0) is 9.40. The topological polar surface area (TPSA) is 43.1 Å². The van der Waals surface area contributed by atoms with E-state index in [-0.39, 0.29) is 11.0 Å². The van der Waals surface area contributed by atoms with Crippen molar-refractivity contribution in [2.75, 3.05) is 5.34 Å². The van der Waals surface area contributed by atoms with Crippen molar-refractivity contribution in [2.24, 2.45) is 0 Å². The summed E-state index contributed by atoms with van der Waals surface area (Å²) < 4.78 is 0. The van der Waals surface area contributed by atoms with E-state index in [4.69, 9.17) is 23.2 Å². The first-order valence-electron chi connectivity index (χ1n) is 3.03. The predicted octanol–water partition coefficient (Wildman–Crippen LogP) is 3.02. The van der Waals surface area contributed by atoms with Gasteiger partial charge in [-0.3, -0.25) is 10.1 Å². The lowest BCUT2D eigenvalue weighted by molar-refractivity contribution is -0.384. The van der Waals surface area contributed by atoms with Crippen molar-refractivity contribution in [2.45, 2.75) is 0 Å². The molecule has 5 heteroatoms. The third-order valence-electron chi connectivity index (χ3n) is 0.967. The van der Waals surface area contributed by atoms with Crippen molar-refractivity contribution in [3.8, 4) is 0 Å². The third-order valence-corrected chi connectivity index (χ3v) is 0.967. The molecule has 0 N–H and O–H groups in total. The Morgan fingerprint density at radius 3 is 1.92 bits per heavy atom. The maximum absolute atomic E-state index is 10.0. The zero-order valence-corrected chi connectivity index (χ0v) is 7.63. The lowest BCUT2D eigenvalue weighted by Crippen LogP contribution is -1.84. The molecule has 12 heavy (non-hydrogen) atoms. The van der Waals surface area contributed by atoms with Crippen LogP contribution < -0.4 is 0 Å². The van der Waals surface area contributed by atoms with Gasteiger partial charge in [0.15, 0.2) is 0 Å². The van der Waals surface area contributed by atoms with Crippen LogP contribution in [0.2, 0.25) is 0 Å². The summed E-state index contributed by atoms with van der Waals surface area (Å²) in [7, 11) is 0. The molecule has 0 radical (unpaired) electrons. The van der Waals surface area contributed by atoms with Crippen molar-refractivity contribution in [1.82, 2.24) is 0 Å². The Balaban J connectivity index is 0.000000354. The van der Waals surface area contributed by atoms with E-state index < -0.39 is 4.92 Å². The van der Waals surface area contributed by atoms with Gasteiger partial charge in [-0.25, -0.2) is 0 Å². The van der Waals surface area contributed by atoms with Gasteiger partial charge in [-0.1, -0.05) is 18.2 Å². The average Bonchev–Trinajstić information content (AvgIpc) is 2.07. The summed E-state index contributed by atoms with van der Waals surface area (Å²) in [4.78, 5) is 9.59. The average molecular weight is 208 g/mol. The molecule has 0 amide bonds. The predicted molar refractivity (Wildman–Crippen MR) is 49.7 cm³/mol. The largest absolute Gasteiger partial charge is 0.269 e. The van der Waals surface area contributed by atoms with Crippen LogP contribution in [0.3, 0.4) is 0 Å². The quantitative estimate of drug-likeness (QED) is 0.404. The normalized spacial score (nSPS) is 8.17. The molecule has 0 fully saturated rings. The highest BCUT2D eigenvalue weighted by Gasteiger charge is 1.98. The van der Waals surface area contributed by atoms with E-state index in [2.05, 4.69) is 0 Å². The van der Waals surface area contributed by atoms with Gasteiger partial charge in [0.25, 0.3) is 5.69 Å². The van der Waals surface area contributed by atoms with Crippen LogP contribution in [0.1, 0.15) is 0 Å². The van der Waals surface area contributed by atoms with Gasteiger partial charge in [-0.2, -0.15) is 0 Å². The number of nitro groups is 1. The van der Waals surface area contributed by atoms with Crippen LogP contribution in [0.15, 0.2) is 30.3 Å². The molecule has 3 nitrogen and oxygen atoms in total. The Bertz CT molecular complexity index is 228. The molecule has 0 aliphatic carbocycles. The number of nitro benzene ring substituents is 1. The van der Waals surface area contributed by atoms with E-state index in [0.29, 0.717) is 0 Å². The van der Waals surface area contributed by atoms with Crippen LogP contribution in [0.4, 0.5) is 5.69 Å². The first kappa shape index (κ1) is 11.2. The van der Waals surface area contributed by atoms with Crippen molar-refractivity contribution in [1.29, 1.82) is 0 Å². The Morgan fingerprint density at radius 2 is 1.67 bits per heavy atom. The minimum atomic E-state index is -0.417. The van der Waals surface area contributed by atoms with E-state index in [1.54, 1.807) is 18.2 Å². The molecule has 0 heterocycles. The van der Waals surface area contributed by atoms with E-state index in [1.807, 2.05) is 0 Å². The Morgan fingerprint density at radius 1 is 1.25 bits per heavy atom. The number of nitrogens with zero attached hydrogens (tertiary/aromatic N) is 1. The Labute approximate surface area is 80.1 Å². The first-order valence-corrected chi connectivity index (χ1v) is 4.10. The minimum absolute atomic E-state index is 0.137.